The Labute approximate surface area is 208 Å². The third-order valence-corrected chi connectivity index (χ3v) is 5.75. The number of alkyl halides is 3. The summed E-state index contributed by atoms with van der Waals surface area (Å²) in [6.07, 6.45) is 1.83. The van der Waals surface area contributed by atoms with Crippen molar-refractivity contribution in [3.63, 3.8) is 0 Å². The van der Waals surface area contributed by atoms with Gasteiger partial charge in [0, 0.05) is 37.8 Å². The first-order valence-corrected chi connectivity index (χ1v) is 11.9. The lowest BCUT2D eigenvalue weighted by atomic mass is 10.3. The molecule has 0 aliphatic carbocycles. The van der Waals surface area contributed by atoms with Gasteiger partial charge in [-0.05, 0) is 18.6 Å². The molecule has 0 radical (unpaired) electrons. The number of nitrogens with zero attached hydrogens (tertiary/aromatic N) is 5. The number of hydrogen-bond donors (Lipinski definition) is 1. The van der Waals surface area contributed by atoms with Gasteiger partial charge in [0.15, 0.2) is 11.2 Å². The number of hydrogen-bond acceptors (Lipinski definition) is 8. The average Bonchev–Trinajstić information content (AvgIpc) is 3.40. The second-order valence-corrected chi connectivity index (χ2v) is 9.31. The van der Waals surface area contributed by atoms with Crippen LogP contribution in [0.4, 0.5) is 8.78 Å². The Morgan fingerprint density at radius 3 is 2.68 bits per heavy atom. The molecule has 3 aromatic heterocycles. The van der Waals surface area contributed by atoms with Crippen molar-refractivity contribution in [1.29, 1.82) is 0 Å². The molecule has 0 atom stereocenters. The topological polar surface area (TPSA) is 113 Å². The van der Waals surface area contributed by atoms with Gasteiger partial charge in [-0.25, -0.2) is 9.78 Å². The van der Waals surface area contributed by atoms with E-state index in [9.17, 15) is 18.4 Å². The van der Waals surface area contributed by atoms with Crippen LogP contribution in [0, 0.1) is 0 Å². The molecule has 0 saturated carbocycles. The molecule has 14 heteroatoms. The SMILES string of the molecule is Cn1c(=O)n(CCCO)c(=O)c2c1nc(Oc1cccc(OC(F)(F)I)c1)n2Cc1nccs1. The Bertz CT molecular complexity index is 1430. The highest BCUT2D eigenvalue weighted by atomic mass is 127. The van der Waals surface area contributed by atoms with Crippen LogP contribution in [-0.4, -0.2) is 39.5 Å². The van der Waals surface area contributed by atoms with E-state index in [0.717, 1.165) is 27.2 Å². The Balaban J connectivity index is 1.85. The van der Waals surface area contributed by atoms with Crippen molar-refractivity contribution in [3.8, 4) is 17.5 Å². The van der Waals surface area contributed by atoms with Crippen LogP contribution < -0.4 is 20.7 Å². The van der Waals surface area contributed by atoms with Gasteiger partial charge in [-0.2, -0.15) is 13.8 Å². The van der Waals surface area contributed by atoms with Crippen LogP contribution in [0.5, 0.6) is 17.5 Å². The van der Waals surface area contributed by atoms with E-state index in [1.54, 1.807) is 11.6 Å². The Kier molecular flexibility index (Phi) is 6.99. The van der Waals surface area contributed by atoms with Crippen molar-refractivity contribution in [2.45, 2.75) is 23.6 Å². The Hall–Kier alpha value is -2.85. The predicted octanol–water partition coefficient (Wildman–Crippen LogP) is 2.94. The van der Waals surface area contributed by atoms with Crippen LogP contribution in [0.25, 0.3) is 11.2 Å². The highest BCUT2D eigenvalue weighted by Gasteiger charge is 2.27. The quantitative estimate of drug-likeness (QED) is 0.231. The van der Waals surface area contributed by atoms with E-state index in [-0.39, 0.29) is 54.8 Å². The molecule has 0 amide bonds. The summed E-state index contributed by atoms with van der Waals surface area (Å²) in [6.45, 7) is -0.0333. The van der Waals surface area contributed by atoms with Crippen molar-refractivity contribution in [3.05, 3.63) is 61.7 Å². The molecule has 1 N–H and O–H groups in total. The fraction of sp³-hybridized carbons (Fsp3) is 0.300. The van der Waals surface area contributed by atoms with E-state index < -0.39 is 15.4 Å². The highest BCUT2D eigenvalue weighted by Crippen LogP contribution is 2.32. The highest BCUT2D eigenvalue weighted by molar-refractivity contribution is 14.1. The van der Waals surface area contributed by atoms with Crippen LogP contribution in [0.1, 0.15) is 11.4 Å². The first kappa shape index (κ1) is 24.3. The van der Waals surface area contributed by atoms with Gasteiger partial charge in [0.25, 0.3) is 5.56 Å². The van der Waals surface area contributed by atoms with Crippen LogP contribution in [0.15, 0.2) is 45.4 Å². The van der Waals surface area contributed by atoms with Crippen molar-refractivity contribution < 1.29 is 23.4 Å². The van der Waals surface area contributed by atoms with Gasteiger partial charge in [0.05, 0.1) is 29.1 Å². The second kappa shape index (κ2) is 9.79. The molecule has 0 fully saturated rings. The number of benzene rings is 1. The maximum Gasteiger partial charge on any atom is 0.451 e. The zero-order valence-electron chi connectivity index (χ0n) is 17.7. The molecule has 180 valence electrons. The van der Waals surface area contributed by atoms with E-state index in [1.165, 1.54) is 51.8 Å². The molecule has 0 unspecified atom stereocenters. The lowest BCUT2D eigenvalue weighted by Crippen LogP contribution is -2.39. The normalized spacial score (nSPS) is 11.8. The molecule has 0 aliphatic rings. The van der Waals surface area contributed by atoms with E-state index in [1.807, 2.05) is 0 Å². The predicted molar refractivity (Wildman–Crippen MR) is 128 cm³/mol. The van der Waals surface area contributed by atoms with Gasteiger partial charge in [-0.3, -0.25) is 18.5 Å². The maximum absolute atomic E-state index is 13.3. The molecule has 34 heavy (non-hydrogen) atoms. The van der Waals surface area contributed by atoms with E-state index in [4.69, 9.17) is 9.84 Å². The standard InChI is InChI=1S/C20H18F2IN5O5S/c1-26-16-15(17(30)27(19(26)31)7-3-8-29)28(11-14-24-6-9-34-14)18(25-16)32-12-4-2-5-13(10-12)33-20(21,22)23/h2,4-6,9-10,29H,3,7-8,11H2,1H3. The van der Waals surface area contributed by atoms with Gasteiger partial charge >= 0.3 is 15.8 Å². The van der Waals surface area contributed by atoms with Crippen LogP contribution >= 0.6 is 33.9 Å². The lowest BCUT2D eigenvalue weighted by molar-refractivity contribution is -0.0692. The number of aliphatic hydroxyl groups is 1. The summed E-state index contributed by atoms with van der Waals surface area (Å²) in [4.78, 5) is 34.6. The van der Waals surface area contributed by atoms with Gasteiger partial charge in [-0.15, -0.1) is 11.3 Å². The molecule has 0 bridgehead atoms. The first-order chi connectivity index (χ1) is 16.2. The zero-order valence-corrected chi connectivity index (χ0v) is 20.6. The molecule has 3 heterocycles. The Morgan fingerprint density at radius 1 is 1.24 bits per heavy atom. The smallest absolute Gasteiger partial charge is 0.425 e. The average molecular weight is 605 g/mol. The minimum absolute atomic E-state index is 0.0282. The number of ether oxygens (including phenoxy) is 2. The van der Waals surface area contributed by atoms with Gasteiger partial charge in [0.1, 0.15) is 16.5 Å². The number of aromatic nitrogens is 5. The number of rotatable bonds is 9. The third kappa shape index (κ3) is 5.12. The Morgan fingerprint density at radius 2 is 2.00 bits per heavy atom. The fourth-order valence-electron chi connectivity index (χ4n) is 3.31. The minimum Gasteiger partial charge on any atom is -0.425 e. The minimum atomic E-state index is -3.41. The summed E-state index contributed by atoms with van der Waals surface area (Å²) >= 11 is 2.22. The summed E-state index contributed by atoms with van der Waals surface area (Å²) in [5, 5.41) is 11.6. The molecular formula is C20H18F2IN5O5S. The van der Waals surface area contributed by atoms with Crippen molar-refractivity contribution >= 4 is 45.1 Å². The molecule has 0 saturated heterocycles. The van der Waals surface area contributed by atoms with Crippen LogP contribution in [0.3, 0.4) is 0 Å². The maximum atomic E-state index is 13.3. The number of aryl methyl sites for hydroxylation is 1. The molecule has 4 rings (SSSR count). The van der Waals surface area contributed by atoms with Gasteiger partial charge < -0.3 is 14.6 Å². The molecule has 0 aliphatic heterocycles. The largest absolute Gasteiger partial charge is 0.451 e. The molecule has 1 aromatic carbocycles. The molecule has 10 nitrogen and oxygen atoms in total. The summed E-state index contributed by atoms with van der Waals surface area (Å²) in [5.41, 5.74) is -0.979. The molecule has 0 spiro atoms. The number of aliphatic hydroxyl groups excluding tert-OH is 1. The summed E-state index contributed by atoms with van der Waals surface area (Å²) < 4.78 is 37.3. The lowest BCUT2D eigenvalue weighted by Gasteiger charge is -2.13. The first-order valence-electron chi connectivity index (χ1n) is 9.91. The van der Waals surface area contributed by atoms with E-state index in [2.05, 4.69) is 14.7 Å². The summed E-state index contributed by atoms with van der Waals surface area (Å²) in [6, 6.07) is 5.57. The summed E-state index contributed by atoms with van der Waals surface area (Å²) in [7, 11) is 1.47. The second-order valence-electron chi connectivity index (χ2n) is 7.08. The van der Waals surface area contributed by atoms with Crippen molar-refractivity contribution in [2.24, 2.45) is 7.05 Å². The third-order valence-electron chi connectivity index (χ3n) is 4.76. The fourth-order valence-corrected chi connectivity index (χ4v) is 4.17. The zero-order chi connectivity index (χ0) is 24.5. The monoisotopic (exact) mass is 605 g/mol. The van der Waals surface area contributed by atoms with Crippen molar-refractivity contribution in [2.75, 3.05) is 6.61 Å². The number of imidazole rings is 1. The van der Waals surface area contributed by atoms with Gasteiger partial charge in [-0.1, -0.05) is 6.07 Å². The van der Waals surface area contributed by atoms with E-state index in [0.29, 0.717) is 5.01 Å². The molecular weight excluding hydrogens is 587 g/mol. The number of thiazole rings is 1. The summed E-state index contributed by atoms with van der Waals surface area (Å²) in [5.74, 6) is 0.0118. The van der Waals surface area contributed by atoms with Crippen molar-refractivity contribution in [1.82, 2.24) is 23.7 Å². The van der Waals surface area contributed by atoms with E-state index >= 15 is 0 Å². The van der Waals surface area contributed by atoms with Gasteiger partial charge in [0.2, 0.25) is 0 Å². The van der Waals surface area contributed by atoms with Crippen LogP contribution in [-0.2, 0) is 20.1 Å². The van der Waals surface area contributed by atoms with Crippen LogP contribution in [0.2, 0.25) is 0 Å². The number of fused-ring (bicyclic) bond motifs is 1. The molecule has 4 aromatic rings. The number of halogens is 3.